The molecule has 0 fully saturated rings. The Morgan fingerprint density at radius 1 is 1.27 bits per heavy atom. The molecule has 1 rings (SSSR count). The van der Waals surface area contributed by atoms with Gasteiger partial charge >= 0.3 is 0 Å². The molecule has 0 radical (unpaired) electrons. The quantitative estimate of drug-likeness (QED) is 0.414. The molecule has 0 bridgehead atoms. The fourth-order valence-electron chi connectivity index (χ4n) is 1.93. The number of guanidine groups is 1. The lowest BCUT2D eigenvalue weighted by molar-refractivity contribution is 0.336. The van der Waals surface area contributed by atoms with Crippen LogP contribution in [0.1, 0.15) is 12.5 Å². The average Bonchev–Trinajstić information content (AvgIpc) is 2.50. The van der Waals surface area contributed by atoms with Gasteiger partial charge in [-0.2, -0.15) is 11.8 Å². The number of nitrogens with zero attached hydrogens (tertiary/aromatic N) is 2. The van der Waals surface area contributed by atoms with Gasteiger partial charge in [0, 0.05) is 31.9 Å². The molecule has 0 heterocycles. The van der Waals surface area contributed by atoms with E-state index in [1.807, 2.05) is 30.9 Å². The zero-order chi connectivity index (χ0) is 16.2. The number of likely N-dealkylation sites (N-methyl/N-ethyl adjacent to an activating group) is 1. The second-order valence-corrected chi connectivity index (χ2v) is 6.03. The summed E-state index contributed by atoms with van der Waals surface area (Å²) in [4.78, 5) is 6.75. The summed E-state index contributed by atoms with van der Waals surface area (Å²) in [6, 6.07) is 6.65. The first kappa shape index (κ1) is 18.8. The molecular formula is C16H27FN4S. The van der Waals surface area contributed by atoms with E-state index in [0.717, 1.165) is 50.0 Å². The van der Waals surface area contributed by atoms with E-state index in [1.54, 1.807) is 0 Å². The molecule has 22 heavy (non-hydrogen) atoms. The van der Waals surface area contributed by atoms with E-state index < -0.39 is 0 Å². The summed E-state index contributed by atoms with van der Waals surface area (Å²) in [5, 5.41) is 6.55. The van der Waals surface area contributed by atoms with Crippen molar-refractivity contribution < 1.29 is 4.39 Å². The maximum Gasteiger partial charge on any atom is 0.191 e. The molecule has 0 atom stereocenters. The van der Waals surface area contributed by atoms with Gasteiger partial charge in [-0.1, -0.05) is 12.1 Å². The fourth-order valence-corrected chi connectivity index (χ4v) is 2.23. The first-order valence-electron chi connectivity index (χ1n) is 7.59. The summed E-state index contributed by atoms with van der Waals surface area (Å²) >= 11 is 1.81. The van der Waals surface area contributed by atoms with E-state index in [2.05, 4.69) is 33.7 Å². The number of hydrogen-bond acceptors (Lipinski definition) is 3. The molecule has 0 saturated carbocycles. The second-order valence-electron chi connectivity index (χ2n) is 5.04. The first-order chi connectivity index (χ1) is 10.7. The normalized spacial score (nSPS) is 11.8. The Hall–Kier alpha value is -1.27. The van der Waals surface area contributed by atoms with Crippen LogP contribution in [0.4, 0.5) is 4.39 Å². The number of aliphatic imine (C=N–C) groups is 1. The van der Waals surface area contributed by atoms with Crippen LogP contribution in [0.15, 0.2) is 29.3 Å². The Morgan fingerprint density at radius 2 is 2.00 bits per heavy atom. The highest BCUT2D eigenvalue weighted by atomic mass is 32.2. The highest BCUT2D eigenvalue weighted by Crippen LogP contribution is 2.05. The molecule has 0 unspecified atom stereocenters. The lowest BCUT2D eigenvalue weighted by atomic mass is 10.2. The van der Waals surface area contributed by atoms with Crippen LogP contribution in [0.25, 0.3) is 0 Å². The Labute approximate surface area is 137 Å². The third kappa shape index (κ3) is 8.24. The molecule has 0 aliphatic rings. The Morgan fingerprint density at radius 3 is 2.64 bits per heavy atom. The van der Waals surface area contributed by atoms with Crippen LogP contribution < -0.4 is 10.6 Å². The van der Waals surface area contributed by atoms with Crippen LogP contribution in [0.5, 0.6) is 0 Å². The number of thioether (sulfide) groups is 1. The van der Waals surface area contributed by atoms with Crippen molar-refractivity contribution in [3.63, 3.8) is 0 Å². The third-order valence-corrected chi connectivity index (χ3v) is 3.67. The van der Waals surface area contributed by atoms with Gasteiger partial charge in [-0.25, -0.2) is 4.39 Å². The Kier molecular flexibility index (Phi) is 9.66. The summed E-state index contributed by atoms with van der Waals surface area (Å²) in [5.41, 5.74) is 1.11. The van der Waals surface area contributed by atoms with Crippen molar-refractivity contribution in [3.05, 3.63) is 35.6 Å². The van der Waals surface area contributed by atoms with E-state index in [9.17, 15) is 4.39 Å². The maximum atomic E-state index is 12.9. The van der Waals surface area contributed by atoms with Gasteiger partial charge in [0.2, 0.25) is 0 Å². The van der Waals surface area contributed by atoms with Crippen LogP contribution in [0, 0.1) is 5.82 Å². The first-order valence-corrected chi connectivity index (χ1v) is 8.99. The topological polar surface area (TPSA) is 39.7 Å². The van der Waals surface area contributed by atoms with Crippen molar-refractivity contribution in [1.82, 2.24) is 15.5 Å². The second kappa shape index (κ2) is 11.3. The molecule has 124 valence electrons. The van der Waals surface area contributed by atoms with Crippen molar-refractivity contribution in [1.29, 1.82) is 0 Å². The standard InChI is InChI=1S/C16H27FN4S/c1-4-18-16(20-10-12-22-3)19-9-11-21(2)13-14-5-7-15(17)8-6-14/h5-8H,4,9-13H2,1-3H3,(H2,18,19,20). The summed E-state index contributed by atoms with van der Waals surface area (Å²) in [6.45, 7) is 6.22. The predicted molar refractivity (Wildman–Crippen MR) is 95.1 cm³/mol. The van der Waals surface area contributed by atoms with Crippen molar-refractivity contribution in [3.8, 4) is 0 Å². The van der Waals surface area contributed by atoms with Crippen LogP contribution in [0.3, 0.4) is 0 Å². The molecule has 0 saturated heterocycles. The molecule has 0 aliphatic heterocycles. The number of nitrogens with one attached hydrogen (secondary N) is 2. The SMILES string of the molecule is CCNC(=NCCN(C)Cc1ccc(F)cc1)NCCSC. The molecule has 0 spiro atoms. The van der Waals surface area contributed by atoms with Gasteiger partial charge in [0.1, 0.15) is 5.82 Å². The molecule has 0 aromatic heterocycles. The van der Waals surface area contributed by atoms with E-state index in [1.165, 1.54) is 12.1 Å². The summed E-state index contributed by atoms with van der Waals surface area (Å²) in [6.07, 6.45) is 2.09. The lowest BCUT2D eigenvalue weighted by Gasteiger charge is -2.16. The minimum absolute atomic E-state index is 0.192. The third-order valence-electron chi connectivity index (χ3n) is 3.06. The van der Waals surface area contributed by atoms with Gasteiger partial charge in [-0.15, -0.1) is 0 Å². The van der Waals surface area contributed by atoms with Gasteiger partial charge in [-0.3, -0.25) is 4.99 Å². The molecule has 0 aliphatic carbocycles. The smallest absolute Gasteiger partial charge is 0.191 e. The van der Waals surface area contributed by atoms with Gasteiger partial charge in [0.15, 0.2) is 5.96 Å². The fraction of sp³-hybridized carbons (Fsp3) is 0.562. The monoisotopic (exact) mass is 326 g/mol. The molecule has 1 aromatic carbocycles. The molecular weight excluding hydrogens is 299 g/mol. The van der Waals surface area contributed by atoms with Gasteiger partial charge in [0.05, 0.1) is 6.54 Å². The number of benzene rings is 1. The van der Waals surface area contributed by atoms with E-state index >= 15 is 0 Å². The molecule has 6 heteroatoms. The average molecular weight is 326 g/mol. The van der Waals surface area contributed by atoms with Crippen LogP contribution in [-0.2, 0) is 6.54 Å². The molecule has 4 nitrogen and oxygen atoms in total. The largest absolute Gasteiger partial charge is 0.357 e. The summed E-state index contributed by atoms with van der Waals surface area (Å²) in [5.74, 6) is 1.74. The number of hydrogen-bond donors (Lipinski definition) is 2. The predicted octanol–water partition coefficient (Wildman–Crippen LogP) is 2.18. The van der Waals surface area contributed by atoms with Crippen molar-refractivity contribution in [2.45, 2.75) is 13.5 Å². The molecule has 2 N–H and O–H groups in total. The Balaban J connectivity index is 2.34. The number of halogens is 1. The van der Waals surface area contributed by atoms with Crippen molar-refractivity contribution >= 4 is 17.7 Å². The molecule has 0 amide bonds. The van der Waals surface area contributed by atoms with E-state index in [0.29, 0.717) is 0 Å². The van der Waals surface area contributed by atoms with Crippen LogP contribution in [-0.4, -0.2) is 56.1 Å². The summed E-state index contributed by atoms with van der Waals surface area (Å²) in [7, 11) is 2.05. The van der Waals surface area contributed by atoms with Crippen LogP contribution in [0.2, 0.25) is 0 Å². The number of rotatable bonds is 9. The van der Waals surface area contributed by atoms with Gasteiger partial charge < -0.3 is 15.5 Å². The highest BCUT2D eigenvalue weighted by molar-refractivity contribution is 7.98. The van der Waals surface area contributed by atoms with E-state index in [-0.39, 0.29) is 5.82 Å². The minimum Gasteiger partial charge on any atom is -0.357 e. The summed E-state index contributed by atoms with van der Waals surface area (Å²) < 4.78 is 12.9. The minimum atomic E-state index is -0.192. The maximum absolute atomic E-state index is 12.9. The zero-order valence-electron chi connectivity index (χ0n) is 13.7. The van der Waals surface area contributed by atoms with Crippen LogP contribution >= 0.6 is 11.8 Å². The Bertz CT molecular complexity index is 436. The van der Waals surface area contributed by atoms with E-state index in [4.69, 9.17) is 0 Å². The zero-order valence-corrected chi connectivity index (χ0v) is 14.5. The highest BCUT2D eigenvalue weighted by Gasteiger charge is 2.01. The lowest BCUT2D eigenvalue weighted by Crippen LogP contribution is -2.39. The van der Waals surface area contributed by atoms with Crippen molar-refractivity contribution in [2.75, 3.05) is 45.2 Å². The van der Waals surface area contributed by atoms with Gasteiger partial charge in [0.25, 0.3) is 0 Å². The molecule has 1 aromatic rings. The van der Waals surface area contributed by atoms with Gasteiger partial charge in [-0.05, 0) is 37.9 Å². The van der Waals surface area contributed by atoms with Crippen molar-refractivity contribution in [2.24, 2.45) is 4.99 Å².